The summed E-state index contributed by atoms with van der Waals surface area (Å²) in [5.74, 6) is 3.63. The summed E-state index contributed by atoms with van der Waals surface area (Å²) in [4.78, 5) is 17.9. The Labute approximate surface area is 209 Å². The summed E-state index contributed by atoms with van der Waals surface area (Å²) in [6.07, 6.45) is 9.82. The van der Waals surface area contributed by atoms with Gasteiger partial charge in [-0.25, -0.2) is 4.79 Å². The van der Waals surface area contributed by atoms with Gasteiger partial charge in [-0.2, -0.15) is 4.98 Å². The average Bonchev–Trinajstić information content (AvgIpc) is 2.83. The third kappa shape index (κ3) is 5.20. The first-order valence-electron chi connectivity index (χ1n) is 12.6. The van der Waals surface area contributed by atoms with Gasteiger partial charge in [0.1, 0.15) is 12.4 Å². The van der Waals surface area contributed by atoms with Crippen LogP contribution in [0.1, 0.15) is 71.8 Å². The quantitative estimate of drug-likeness (QED) is 0.274. The lowest BCUT2D eigenvalue weighted by Gasteiger charge is -2.35. The Morgan fingerprint density at radius 1 is 1.17 bits per heavy atom. The molecule has 3 aromatic rings. The van der Waals surface area contributed by atoms with E-state index in [-0.39, 0.29) is 17.7 Å². The van der Waals surface area contributed by atoms with Crippen LogP contribution < -0.4 is 10.4 Å². The van der Waals surface area contributed by atoms with Gasteiger partial charge in [-0.05, 0) is 67.7 Å². The van der Waals surface area contributed by atoms with Crippen LogP contribution in [-0.2, 0) is 6.54 Å². The molecule has 0 spiro atoms. The number of nitrogens with zero attached hydrogens (tertiary/aromatic N) is 2. The number of benzene rings is 2. The van der Waals surface area contributed by atoms with Crippen molar-refractivity contribution < 1.29 is 4.74 Å². The second-order valence-corrected chi connectivity index (χ2v) is 10.6. The van der Waals surface area contributed by atoms with Crippen molar-refractivity contribution in [3.63, 3.8) is 0 Å². The fourth-order valence-electron chi connectivity index (χ4n) is 5.39. The van der Waals surface area contributed by atoms with Crippen molar-refractivity contribution in [3.05, 3.63) is 69.7 Å². The summed E-state index contributed by atoms with van der Waals surface area (Å²) in [6, 6.07) is 14.1. The third-order valence-electron chi connectivity index (χ3n) is 7.40. The van der Waals surface area contributed by atoms with Gasteiger partial charge in [0.2, 0.25) is 0 Å². The molecule has 182 valence electrons. The largest absolute Gasteiger partial charge is 0.481 e. The standard InChI is InChI=1S/C31H36N2O2/c1-7-19-35-25-14-15-28-26(20-25)29(24-12-10-23(11-13-24)21(2)3)32-30(34)33(28)18-16-27-22(4)9-8-17-31(27,5)6/h1,10-15,20-21H,8-9,16-19H2,2-6H3. The number of hydrogen-bond acceptors (Lipinski definition) is 3. The lowest BCUT2D eigenvalue weighted by atomic mass is 9.71. The Hall–Kier alpha value is -3.32. The van der Waals surface area contributed by atoms with Gasteiger partial charge in [0.05, 0.1) is 11.2 Å². The average molecular weight is 469 g/mol. The maximum absolute atomic E-state index is 13.4. The van der Waals surface area contributed by atoms with Gasteiger partial charge in [-0.3, -0.25) is 4.57 Å². The molecule has 4 rings (SSSR count). The fourth-order valence-corrected chi connectivity index (χ4v) is 5.39. The molecule has 0 saturated carbocycles. The highest BCUT2D eigenvalue weighted by Crippen LogP contribution is 2.42. The highest BCUT2D eigenvalue weighted by molar-refractivity contribution is 5.93. The Kier molecular flexibility index (Phi) is 7.17. The summed E-state index contributed by atoms with van der Waals surface area (Å²) in [6.45, 7) is 12.0. The van der Waals surface area contributed by atoms with E-state index in [1.165, 1.54) is 29.6 Å². The molecule has 1 aliphatic carbocycles. The zero-order valence-electron chi connectivity index (χ0n) is 21.6. The summed E-state index contributed by atoms with van der Waals surface area (Å²) >= 11 is 0. The Morgan fingerprint density at radius 2 is 1.91 bits per heavy atom. The van der Waals surface area contributed by atoms with Gasteiger partial charge in [0, 0.05) is 17.5 Å². The Morgan fingerprint density at radius 3 is 2.57 bits per heavy atom. The van der Waals surface area contributed by atoms with Gasteiger partial charge >= 0.3 is 5.69 Å². The van der Waals surface area contributed by atoms with Crippen LogP contribution in [0.5, 0.6) is 5.75 Å². The number of allylic oxidation sites excluding steroid dienone is 2. The van der Waals surface area contributed by atoms with Crippen LogP contribution in [0.25, 0.3) is 22.2 Å². The second kappa shape index (κ2) is 10.1. The molecule has 1 aliphatic rings. The molecule has 0 radical (unpaired) electrons. The van der Waals surface area contributed by atoms with Crippen molar-refractivity contribution in [3.8, 4) is 29.4 Å². The van der Waals surface area contributed by atoms with E-state index >= 15 is 0 Å². The number of aryl methyl sites for hydroxylation is 1. The number of terminal acetylenes is 1. The maximum atomic E-state index is 13.4. The topological polar surface area (TPSA) is 44.1 Å². The predicted molar refractivity (Wildman–Crippen MR) is 145 cm³/mol. The first-order valence-corrected chi connectivity index (χ1v) is 12.6. The minimum Gasteiger partial charge on any atom is -0.481 e. The lowest BCUT2D eigenvalue weighted by molar-refractivity contribution is 0.349. The van der Waals surface area contributed by atoms with Crippen molar-refractivity contribution in [1.29, 1.82) is 0 Å². The molecular weight excluding hydrogens is 432 g/mol. The number of ether oxygens (including phenoxy) is 1. The molecule has 4 heteroatoms. The fraction of sp³-hybridized carbons (Fsp3) is 0.419. The molecule has 4 nitrogen and oxygen atoms in total. The Bertz CT molecular complexity index is 1350. The van der Waals surface area contributed by atoms with Crippen molar-refractivity contribution in [2.24, 2.45) is 5.41 Å². The van der Waals surface area contributed by atoms with Crippen LogP contribution in [0.2, 0.25) is 0 Å². The molecule has 0 saturated heterocycles. The number of rotatable bonds is 7. The molecule has 2 aromatic carbocycles. The first kappa shape index (κ1) is 24.8. The van der Waals surface area contributed by atoms with Gasteiger partial charge in [0.25, 0.3) is 0 Å². The normalized spacial score (nSPS) is 15.5. The van der Waals surface area contributed by atoms with Crippen molar-refractivity contribution in [2.75, 3.05) is 6.61 Å². The van der Waals surface area contributed by atoms with Crippen LogP contribution in [-0.4, -0.2) is 16.2 Å². The minimum atomic E-state index is -0.218. The molecule has 0 fully saturated rings. The van der Waals surface area contributed by atoms with Gasteiger partial charge < -0.3 is 4.74 Å². The van der Waals surface area contributed by atoms with Crippen LogP contribution in [0.4, 0.5) is 0 Å². The molecule has 0 unspecified atom stereocenters. The van der Waals surface area contributed by atoms with E-state index in [1.54, 1.807) is 0 Å². The Balaban J connectivity index is 1.81. The molecule has 0 amide bonds. The zero-order chi connectivity index (χ0) is 25.2. The molecule has 1 heterocycles. The molecule has 35 heavy (non-hydrogen) atoms. The molecule has 0 N–H and O–H groups in total. The summed E-state index contributed by atoms with van der Waals surface area (Å²) in [5.41, 5.74) is 6.62. The van der Waals surface area contributed by atoms with Crippen molar-refractivity contribution >= 4 is 10.9 Å². The summed E-state index contributed by atoms with van der Waals surface area (Å²) in [5, 5.41) is 0.894. The van der Waals surface area contributed by atoms with Crippen LogP contribution >= 0.6 is 0 Å². The third-order valence-corrected chi connectivity index (χ3v) is 7.40. The van der Waals surface area contributed by atoms with Crippen molar-refractivity contribution in [2.45, 2.75) is 72.8 Å². The molecule has 0 atom stereocenters. The molecule has 0 bridgehead atoms. The SMILES string of the molecule is C#CCOc1ccc2c(c1)c(-c1ccc(C(C)C)cc1)nc(=O)n2CCC1=C(C)CCCC1(C)C. The number of hydrogen-bond donors (Lipinski definition) is 0. The first-order chi connectivity index (χ1) is 16.7. The van der Waals surface area contributed by atoms with E-state index in [0.717, 1.165) is 29.3 Å². The van der Waals surface area contributed by atoms with Gasteiger partial charge in [0.15, 0.2) is 0 Å². The molecule has 0 aliphatic heterocycles. The van der Waals surface area contributed by atoms with Gasteiger partial charge in [-0.1, -0.05) is 69.0 Å². The van der Waals surface area contributed by atoms with E-state index < -0.39 is 0 Å². The smallest absolute Gasteiger partial charge is 0.348 e. The predicted octanol–water partition coefficient (Wildman–Crippen LogP) is 7.12. The van der Waals surface area contributed by atoms with E-state index in [0.29, 0.717) is 23.9 Å². The van der Waals surface area contributed by atoms with E-state index in [2.05, 4.69) is 69.8 Å². The number of fused-ring (bicyclic) bond motifs is 1. The van der Waals surface area contributed by atoms with Gasteiger partial charge in [-0.15, -0.1) is 6.42 Å². The molecular formula is C31H36N2O2. The van der Waals surface area contributed by atoms with E-state index in [4.69, 9.17) is 11.2 Å². The van der Waals surface area contributed by atoms with Crippen LogP contribution in [0.3, 0.4) is 0 Å². The summed E-state index contributed by atoms with van der Waals surface area (Å²) < 4.78 is 7.53. The lowest BCUT2D eigenvalue weighted by Crippen LogP contribution is -2.27. The summed E-state index contributed by atoms with van der Waals surface area (Å²) in [7, 11) is 0. The number of aromatic nitrogens is 2. The zero-order valence-corrected chi connectivity index (χ0v) is 21.6. The highest BCUT2D eigenvalue weighted by Gasteiger charge is 2.28. The maximum Gasteiger partial charge on any atom is 0.348 e. The van der Waals surface area contributed by atoms with Crippen LogP contribution in [0, 0.1) is 17.8 Å². The van der Waals surface area contributed by atoms with Crippen LogP contribution in [0.15, 0.2) is 58.4 Å². The minimum absolute atomic E-state index is 0.170. The highest BCUT2D eigenvalue weighted by atomic mass is 16.5. The molecule has 1 aromatic heterocycles. The monoisotopic (exact) mass is 468 g/mol. The van der Waals surface area contributed by atoms with E-state index in [1.807, 2.05) is 22.8 Å². The van der Waals surface area contributed by atoms with Crippen molar-refractivity contribution in [1.82, 2.24) is 9.55 Å². The van der Waals surface area contributed by atoms with E-state index in [9.17, 15) is 4.79 Å². The second-order valence-electron chi connectivity index (χ2n) is 10.6.